The molecule has 4 heteroatoms. The molecule has 17 heavy (non-hydrogen) atoms. The summed E-state index contributed by atoms with van der Waals surface area (Å²) in [6.07, 6.45) is 1.71. The summed E-state index contributed by atoms with van der Waals surface area (Å²) >= 11 is 5.85. The van der Waals surface area contributed by atoms with E-state index in [1.807, 2.05) is 12.1 Å². The van der Waals surface area contributed by atoms with Crippen LogP contribution in [0.4, 0.5) is 11.6 Å². The molecule has 1 heterocycles. The van der Waals surface area contributed by atoms with Crippen LogP contribution in [0.3, 0.4) is 0 Å². The van der Waals surface area contributed by atoms with Crippen LogP contribution >= 0.6 is 11.6 Å². The number of rotatable bonds is 2. The van der Waals surface area contributed by atoms with Crippen molar-refractivity contribution < 1.29 is 0 Å². The van der Waals surface area contributed by atoms with E-state index < -0.39 is 0 Å². The molecule has 0 aliphatic carbocycles. The number of pyridine rings is 1. The minimum absolute atomic E-state index is 0.384. The number of halogens is 1. The Bertz CT molecular complexity index is 562. The fourth-order valence-corrected chi connectivity index (χ4v) is 1.82. The number of hydrogen-bond acceptors (Lipinski definition) is 3. The molecule has 1 aromatic heterocycles. The van der Waals surface area contributed by atoms with E-state index >= 15 is 0 Å². The molecule has 0 saturated heterocycles. The van der Waals surface area contributed by atoms with Gasteiger partial charge in [0.2, 0.25) is 0 Å². The summed E-state index contributed by atoms with van der Waals surface area (Å²) in [5.74, 6) is 0.775. The summed E-state index contributed by atoms with van der Waals surface area (Å²) in [7, 11) is 0. The van der Waals surface area contributed by atoms with Crippen molar-refractivity contribution in [2.45, 2.75) is 0 Å². The highest BCUT2D eigenvalue weighted by Gasteiger charge is 2.09. The summed E-state index contributed by atoms with van der Waals surface area (Å²) in [5, 5.41) is 0.677. The van der Waals surface area contributed by atoms with Crippen molar-refractivity contribution in [3.8, 4) is 11.1 Å². The van der Waals surface area contributed by atoms with Gasteiger partial charge >= 0.3 is 0 Å². The highest BCUT2D eigenvalue weighted by Crippen LogP contribution is 2.31. The van der Waals surface area contributed by atoms with Gasteiger partial charge < -0.3 is 11.5 Å². The van der Waals surface area contributed by atoms with Gasteiger partial charge in [0.1, 0.15) is 11.6 Å². The van der Waals surface area contributed by atoms with Crippen LogP contribution < -0.4 is 11.5 Å². The number of anilines is 2. The maximum atomic E-state index is 5.90. The highest BCUT2D eigenvalue weighted by molar-refractivity contribution is 6.30. The lowest BCUT2D eigenvalue weighted by atomic mass is 10.0. The zero-order valence-electron chi connectivity index (χ0n) is 9.15. The zero-order valence-corrected chi connectivity index (χ0v) is 9.91. The molecule has 2 aromatic rings. The molecule has 4 N–H and O–H groups in total. The topological polar surface area (TPSA) is 64.9 Å². The van der Waals surface area contributed by atoms with Crippen LogP contribution in [-0.4, -0.2) is 4.98 Å². The van der Waals surface area contributed by atoms with Gasteiger partial charge in [0, 0.05) is 10.6 Å². The molecule has 0 amide bonds. The molecule has 0 unspecified atom stereocenters. The van der Waals surface area contributed by atoms with Gasteiger partial charge in [-0.2, -0.15) is 0 Å². The summed E-state index contributed by atoms with van der Waals surface area (Å²) in [5.41, 5.74) is 14.2. The lowest BCUT2D eigenvalue weighted by molar-refractivity contribution is 1.34. The number of benzene rings is 1. The highest BCUT2D eigenvalue weighted by atomic mass is 35.5. The molecular weight excluding hydrogens is 234 g/mol. The number of nitrogens with two attached hydrogens (primary N) is 2. The van der Waals surface area contributed by atoms with Gasteiger partial charge in [-0.15, -0.1) is 0 Å². The minimum Gasteiger partial charge on any atom is -0.384 e. The first-order chi connectivity index (χ1) is 8.11. The van der Waals surface area contributed by atoms with Crippen LogP contribution in [0.15, 0.2) is 36.9 Å². The Balaban J connectivity index is 2.65. The second-order valence-electron chi connectivity index (χ2n) is 3.61. The predicted molar refractivity (Wildman–Crippen MR) is 73.6 cm³/mol. The number of nitrogens with zero attached hydrogens (tertiary/aromatic N) is 1. The van der Waals surface area contributed by atoms with E-state index in [0.29, 0.717) is 16.7 Å². The quantitative estimate of drug-likeness (QED) is 0.854. The molecule has 1 aromatic carbocycles. The van der Waals surface area contributed by atoms with E-state index in [1.54, 1.807) is 24.3 Å². The minimum atomic E-state index is 0.384. The lowest BCUT2D eigenvalue weighted by Gasteiger charge is -2.10. The van der Waals surface area contributed by atoms with Crippen molar-refractivity contribution in [1.29, 1.82) is 0 Å². The van der Waals surface area contributed by atoms with E-state index in [1.165, 1.54) is 0 Å². The molecule has 2 rings (SSSR count). The molecule has 0 saturated carbocycles. The third-order valence-corrected chi connectivity index (χ3v) is 2.70. The Kier molecular flexibility index (Phi) is 3.02. The van der Waals surface area contributed by atoms with Crippen molar-refractivity contribution in [2.24, 2.45) is 0 Å². The van der Waals surface area contributed by atoms with Gasteiger partial charge in [0.15, 0.2) is 0 Å². The molecule has 0 bridgehead atoms. The Labute approximate surface area is 105 Å². The van der Waals surface area contributed by atoms with Gasteiger partial charge in [-0.05, 0) is 29.3 Å². The van der Waals surface area contributed by atoms with Crippen molar-refractivity contribution >= 4 is 29.3 Å². The second-order valence-corrected chi connectivity index (χ2v) is 4.04. The first-order valence-corrected chi connectivity index (χ1v) is 5.44. The molecule has 0 spiro atoms. The average molecular weight is 246 g/mol. The van der Waals surface area contributed by atoms with Gasteiger partial charge in [-0.3, -0.25) is 0 Å². The van der Waals surface area contributed by atoms with Gasteiger partial charge in [-0.25, -0.2) is 4.98 Å². The monoisotopic (exact) mass is 245 g/mol. The first kappa shape index (κ1) is 11.5. The summed E-state index contributed by atoms with van der Waals surface area (Å²) < 4.78 is 0. The van der Waals surface area contributed by atoms with Gasteiger partial charge in [0.05, 0.1) is 0 Å². The van der Waals surface area contributed by atoms with E-state index in [-0.39, 0.29) is 0 Å². The van der Waals surface area contributed by atoms with E-state index in [9.17, 15) is 0 Å². The second kappa shape index (κ2) is 4.47. The van der Waals surface area contributed by atoms with Crippen LogP contribution in [0.5, 0.6) is 0 Å². The van der Waals surface area contributed by atoms with E-state index in [2.05, 4.69) is 11.6 Å². The molecule has 0 aliphatic heterocycles. The number of hydrogen-bond donors (Lipinski definition) is 2. The van der Waals surface area contributed by atoms with Crippen molar-refractivity contribution in [3.63, 3.8) is 0 Å². The SMILES string of the molecule is C=Cc1cc(N)nc(N)c1-c1ccc(Cl)cc1. The smallest absolute Gasteiger partial charge is 0.134 e. The fourth-order valence-electron chi connectivity index (χ4n) is 1.70. The van der Waals surface area contributed by atoms with Crippen molar-refractivity contribution in [1.82, 2.24) is 4.98 Å². The summed E-state index contributed by atoms with van der Waals surface area (Å²) in [6, 6.07) is 9.13. The van der Waals surface area contributed by atoms with Crippen molar-refractivity contribution in [2.75, 3.05) is 11.5 Å². The lowest BCUT2D eigenvalue weighted by Crippen LogP contribution is -2.00. The molecule has 0 aliphatic rings. The molecule has 0 atom stereocenters. The summed E-state index contributed by atoms with van der Waals surface area (Å²) in [4.78, 5) is 4.06. The number of nitrogen functional groups attached to an aromatic ring is 2. The fraction of sp³-hybridized carbons (Fsp3) is 0. The molecular formula is C13H12ClN3. The Morgan fingerprint density at radius 2 is 1.82 bits per heavy atom. The molecule has 0 fully saturated rings. The third-order valence-electron chi connectivity index (χ3n) is 2.45. The zero-order chi connectivity index (χ0) is 12.4. The average Bonchev–Trinajstić information content (AvgIpc) is 2.30. The molecule has 3 nitrogen and oxygen atoms in total. The first-order valence-electron chi connectivity index (χ1n) is 5.06. The van der Waals surface area contributed by atoms with Crippen LogP contribution in [0.1, 0.15) is 5.56 Å². The van der Waals surface area contributed by atoms with Crippen LogP contribution in [0.25, 0.3) is 17.2 Å². The largest absolute Gasteiger partial charge is 0.384 e. The van der Waals surface area contributed by atoms with Crippen LogP contribution in [0, 0.1) is 0 Å². The van der Waals surface area contributed by atoms with E-state index in [0.717, 1.165) is 16.7 Å². The maximum Gasteiger partial charge on any atom is 0.134 e. The van der Waals surface area contributed by atoms with E-state index in [4.69, 9.17) is 23.1 Å². The Morgan fingerprint density at radius 3 is 2.41 bits per heavy atom. The Morgan fingerprint density at radius 1 is 1.18 bits per heavy atom. The maximum absolute atomic E-state index is 5.90. The van der Waals surface area contributed by atoms with Crippen molar-refractivity contribution in [3.05, 3.63) is 47.5 Å². The standard InChI is InChI=1S/C13H12ClN3/c1-2-8-7-11(15)17-13(16)12(8)9-3-5-10(14)6-4-9/h2-7H,1H2,(H4,15,16,17). The predicted octanol–water partition coefficient (Wildman–Crippen LogP) is 3.21. The van der Waals surface area contributed by atoms with Gasteiger partial charge in [0.25, 0.3) is 0 Å². The normalized spacial score (nSPS) is 10.2. The van der Waals surface area contributed by atoms with Crippen LogP contribution in [-0.2, 0) is 0 Å². The third kappa shape index (κ3) is 2.24. The van der Waals surface area contributed by atoms with Crippen LogP contribution in [0.2, 0.25) is 5.02 Å². The Hall–Kier alpha value is -2.00. The molecule has 86 valence electrons. The number of aromatic nitrogens is 1. The van der Waals surface area contributed by atoms with Gasteiger partial charge in [-0.1, -0.05) is 36.4 Å². The summed E-state index contributed by atoms with van der Waals surface area (Å²) in [6.45, 7) is 3.75. The molecule has 0 radical (unpaired) electrons.